The Hall–Kier alpha value is -2.91. The Balaban J connectivity index is 1.45. The van der Waals surface area contributed by atoms with Crippen LogP contribution >= 0.6 is 0 Å². The minimum absolute atomic E-state index is 0.0933. The number of aryl methyl sites for hydroxylation is 1. The second-order valence-corrected chi connectivity index (χ2v) is 9.94. The number of amides is 2. The van der Waals surface area contributed by atoms with E-state index in [2.05, 4.69) is 0 Å². The summed E-state index contributed by atoms with van der Waals surface area (Å²) in [6.45, 7) is 3.38. The molecule has 0 radical (unpaired) electrons. The van der Waals surface area contributed by atoms with Gasteiger partial charge in [0.2, 0.25) is 21.8 Å². The van der Waals surface area contributed by atoms with Crippen LogP contribution in [-0.4, -0.2) is 68.8 Å². The summed E-state index contributed by atoms with van der Waals surface area (Å²) in [5, 5.41) is 0. The largest absolute Gasteiger partial charge is 0.491 e. The van der Waals surface area contributed by atoms with Crippen LogP contribution in [0.25, 0.3) is 0 Å². The Morgan fingerprint density at radius 1 is 1.00 bits per heavy atom. The monoisotopic (exact) mass is 457 g/mol. The van der Waals surface area contributed by atoms with Crippen molar-refractivity contribution in [1.29, 1.82) is 0 Å². The molecule has 0 unspecified atom stereocenters. The summed E-state index contributed by atoms with van der Waals surface area (Å²) >= 11 is 0. The summed E-state index contributed by atoms with van der Waals surface area (Å²) in [7, 11) is -3.62. The SMILES string of the molecule is Cc1ccc(S(=O)(=O)N2CCCN(C(=O)CN3C(=O)CCOc4ccccc43)CC2)cc1. The molecular formula is C23H27N3O5S. The molecule has 9 heteroatoms. The molecule has 8 nitrogen and oxygen atoms in total. The number of sulfonamides is 1. The molecule has 0 N–H and O–H groups in total. The van der Waals surface area contributed by atoms with Crippen LogP contribution in [0.4, 0.5) is 5.69 Å². The Morgan fingerprint density at radius 3 is 2.53 bits per heavy atom. The fourth-order valence-corrected chi connectivity index (χ4v) is 5.44. The highest BCUT2D eigenvalue weighted by Gasteiger charge is 2.30. The number of fused-ring (bicyclic) bond motifs is 1. The molecule has 2 heterocycles. The lowest BCUT2D eigenvalue weighted by molar-refractivity contribution is -0.131. The molecule has 2 aliphatic rings. The first kappa shape index (κ1) is 22.3. The summed E-state index contributed by atoms with van der Waals surface area (Å²) in [4.78, 5) is 29.1. The predicted octanol–water partition coefficient (Wildman–Crippen LogP) is 2.03. The summed E-state index contributed by atoms with van der Waals surface area (Å²) < 4.78 is 33.1. The standard InChI is InChI=1S/C23H27N3O5S/c1-18-7-9-19(10-8-18)32(29,30)25-13-4-12-24(14-15-25)23(28)17-26-20-5-2-3-6-21(20)31-16-11-22(26)27/h2-3,5-10H,4,11-17H2,1H3. The van der Waals surface area contributed by atoms with Crippen molar-refractivity contribution in [2.75, 3.05) is 44.2 Å². The molecule has 0 spiro atoms. The molecule has 4 rings (SSSR count). The van der Waals surface area contributed by atoms with Crippen molar-refractivity contribution in [1.82, 2.24) is 9.21 Å². The third-order valence-corrected chi connectivity index (χ3v) is 7.70. The van der Waals surface area contributed by atoms with Gasteiger partial charge >= 0.3 is 0 Å². The van der Waals surface area contributed by atoms with E-state index in [1.54, 1.807) is 47.4 Å². The normalized spacial score (nSPS) is 17.8. The second-order valence-electron chi connectivity index (χ2n) is 8.00. The number of hydrogen-bond donors (Lipinski definition) is 0. The van der Waals surface area contributed by atoms with Gasteiger partial charge in [0.1, 0.15) is 12.3 Å². The van der Waals surface area contributed by atoms with E-state index in [1.807, 2.05) is 13.0 Å². The van der Waals surface area contributed by atoms with E-state index in [-0.39, 0.29) is 49.4 Å². The van der Waals surface area contributed by atoms with Gasteiger partial charge in [-0.05, 0) is 37.6 Å². The van der Waals surface area contributed by atoms with Crippen LogP contribution in [-0.2, 0) is 19.6 Å². The van der Waals surface area contributed by atoms with E-state index in [0.717, 1.165) is 5.56 Å². The van der Waals surface area contributed by atoms with E-state index in [1.165, 1.54) is 9.21 Å². The zero-order valence-corrected chi connectivity index (χ0v) is 18.9. The molecule has 0 saturated carbocycles. The number of hydrogen-bond acceptors (Lipinski definition) is 5. The zero-order valence-electron chi connectivity index (χ0n) is 18.1. The van der Waals surface area contributed by atoms with E-state index in [0.29, 0.717) is 30.9 Å². The molecule has 0 aromatic heterocycles. The van der Waals surface area contributed by atoms with Crippen LogP contribution in [0.3, 0.4) is 0 Å². The first-order chi connectivity index (χ1) is 15.4. The van der Waals surface area contributed by atoms with Crippen LogP contribution in [0.5, 0.6) is 5.75 Å². The van der Waals surface area contributed by atoms with Crippen LogP contribution in [0.2, 0.25) is 0 Å². The van der Waals surface area contributed by atoms with Gasteiger partial charge in [-0.1, -0.05) is 29.8 Å². The fraction of sp³-hybridized carbons (Fsp3) is 0.391. The molecule has 0 bridgehead atoms. The first-order valence-electron chi connectivity index (χ1n) is 10.7. The lowest BCUT2D eigenvalue weighted by Crippen LogP contribution is -2.44. The van der Waals surface area contributed by atoms with Crippen molar-refractivity contribution in [3.63, 3.8) is 0 Å². The summed E-state index contributed by atoms with van der Waals surface area (Å²) in [6, 6.07) is 14.0. The quantitative estimate of drug-likeness (QED) is 0.701. The summed E-state index contributed by atoms with van der Waals surface area (Å²) in [5.41, 5.74) is 1.58. The van der Waals surface area contributed by atoms with Crippen molar-refractivity contribution in [3.8, 4) is 5.75 Å². The molecule has 170 valence electrons. The average molecular weight is 458 g/mol. The van der Waals surface area contributed by atoms with E-state index >= 15 is 0 Å². The van der Waals surface area contributed by atoms with Crippen LogP contribution in [0, 0.1) is 6.92 Å². The van der Waals surface area contributed by atoms with Gasteiger partial charge < -0.3 is 9.64 Å². The minimum Gasteiger partial charge on any atom is -0.491 e. The van der Waals surface area contributed by atoms with E-state index in [4.69, 9.17) is 4.74 Å². The fourth-order valence-electron chi connectivity index (χ4n) is 3.97. The predicted molar refractivity (Wildman–Crippen MR) is 120 cm³/mol. The summed E-state index contributed by atoms with van der Waals surface area (Å²) in [5.74, 6) is 0.212. The van der Waals surface area contributed by atoms with Gasteiger partial charge in [-0.25, -0.2) is 8.42 Å². The molecule has 0 atom stereocenters. The van der Waals surface area contributed by atoms with Crippen molar-refractivity contribution in [2.24, 2.45) is 0 Å². The van der Waals surface area contributed by atoms with Crippen LogP contribution in [0.1, 0.15) is 18.4 Å². The molecular weight excluding hydrogens is 430 g/mol. The minimum atomic E-state index is -3.62. The van der Waals surface area contributed by atoms with Gasteiger partial charge in [-0.3, -0.25) is 14.5 Å². The molecule has 0 aliphatic carbocycles. The Kier molecular flexibility index (Phi) is 6.48. The highest BCUT2D eigenvalue weighted by atomic mass is 32.2. The van der Waals surface area contributed by atoms with Gasteiger partial charge in [0.05, 0.1) is 23.6 Å². The first-order valence-corrected chi connectivity index (χ1v) is 12.2. The van der Waals surface area contributed by atoms with Gasteiger partial charge in [0.15, 0.2) is 0 Å². The lowest BCUT2D eigenvalue weighted by Gasteiger charge is -2.26. The second kappa shape index (κ2) is 9.30. The lowest BCUT2D eigenvalue weighted by atomic mass is 10.2. The van der Waals surface area contributed by atoms with Crippen molar-refractivity contribution in [3.05, 3.63) is 54.1 Å². The molecule has 2 aromatic rings. The topological polar surface area (TPSA) is 87.2 Å². The number of para-hydroxylation sites is 2. The van der Waals surface area contributed by atoms with Gasteiger partial charge in [0, 0.05) is 26.2 Å². The number of carbonyl (C=O) groups is 2. The number of rotatable bonds is 4. The molecule has 1 saturated heterocycles. The Bertz CT molecular complexity index is 1100. The molecule has 32 heavy (non-hydrogen) atoms. The Morgan fingerprint density at radius 2 is 1.75 bits per heavy atom. The Labute approximate surface area is 188 Å². The molecule has 2 amide bonds. The molecule has 2 aromatic carbocycles. The number of carbonyl (C=O) groups excluding carboxylic acids is 2. The van der Waals surface area contributed by atoms with Gasteiger partial charge in [0.25, 0.3) is 0 Å². The maximum atomic E-state index is 13.1. The summed E-state index contributed by atoms with van der Waals surface area (Å²) in [6.07, 6.45) is 0.731. The van der Waals surface area contributed by atoms with Crippen molar-refractivity contribution in [2.45, 2.75) is 24.7 Å². The highest BCUT2D eigenvalue weighted by molar-refractivity contribution is 7.89. The van der Waals surface area contributed by atoms with E-state index in [9.17, 15) is 18.0 Å². The third-order valence-electron chi connectivity index (χ3n) is 5.79. The number of ether oxygens (including phenoxy) is 1. The third kappa shape index (κ3) is 4.63. The number of benzene rings is 2. The smallest absolute Gasteiger partial charge is 0.243 e. The maximum absolute atomic E-state index is 13.1. The average Bonchev–Trinajstić information content (AvgIpc) is 3.12. The van der Waals surface area contributed by atoms with Crippen LogP contribution < -0.4 is 9.64 Å². The van der Waals surface area contributed by atoms with Crippen molar-refractivity contribution >= 4 is 27.5 Å². The van der Waals surface area contributed by atoms with Gasteiger partial charge in [-0.15, -0.1) is 0 Å². The van der Waals surface area contributed by atoms with Crippen molar-refractivity contribution < 1.29 is 22.7 Å². The molecule has 1 fully saturated rings. The number of nitrogens with zero attached hydrogens (tertiary/aromatic N) is 3. The maximum Gasteiger partial charge on any atom is 0.243 e. The highest BCUT2D eigenvalue weighted by Crippen LogP contribution is 2.31. The zero-order chi connectivity index (χ0) is 22.7. The van der Waals surface area contributed by atoms with Crippen LogP contribution in [0.15, 0.2) is 53.4 Å². The number of anilines is 1. The molecule has 2 aliphatic heterocycles. The van der Waals surface area contributed by atoms with E-state index < -0.39 is 10.0 Å². The van der Waals surface area contributed by atoms with Gasteiger partial charge in [-0.2, -0.15) is 4.31 Å².